The molecule has 0 radical (unpaired) electrons. The number of Topliss-reactive ketones (excluding diaryl/α,β-unsaturated/α-hetero) is 1. The average molecular weight is 203 g/mol. The topological polar surface area (TPSA) is 17.1 Å². The van der Waals surface area contributed by atoms with Crippen LogP contribution in [0, 0.1) is 11.6 Å². The highest BCUT2D eigenvalue weighted by atomic mass is 35.5. The lowest BCUT2D eigenvalue weighted by Gasteiger charge is -2.02. The van der Waals surface area contributed by atoms with Crippen LogP contribution in [-0.4, -0.2) is 5.78 Å². The highest BCUT2D eigenvalue weighted by Crippen LogP contribution is 2.32. The first-order valence-electron chi connectivity index (χ1n) is 3.81. The van der Waals surface area contributed by atoms with Gasteiger partial charge in [0, 0.05) is 11.4 Å². The molecule has 0 saturated heterocycles. The molecule has 1 nitrogen and oxygen atoms in total. The van der Waals surface area contributed by atoms with Gasteiger partial charge in [0.05, 0.1) is 5.56 Å². The predicted octanol–water partition coefficient (Wildman–Crippen LogP) is 2.75. The fourth-order valence-electron chi connectivity index (χ4n) is 1.53. The Balaban J connectivity index is 2.77. The Kier molecular flexibility index (Phi) is 1.84. The lowest BCUT2D eigenvalue weighted by molar-refractivity contribution is 0.0990. The van der Waals surface area contributed by atoms with Crippen LogP contribution in [0.4, 0.5) is 8.78 Å². The minimum Gasteiger partial charge on any atom is -0.294 e. The molecule has 0 atom stereocenters. The standard InChI is InChI=1S/C9H5ClF2O/c10-5-3-6(11)9(12)8-4(5)1-2-7(8)13/h3H,1-2H2. The van der Waals surface area contributed by atoms with Crippen molar-refractivity contribution in [3.05, 3.63) is 33.9 Å². The Labute approximate surface area is 78.3 Å². The van der Waals surface area contributed by atoms with Crippen LogP contribution in [0.2, 0.25) is 5.02 Å². The molecule has 0 heterocycles. The SMILES string of the molecule is O=C1CCc2c(Cl)cc(F)c(F)c21. The van der Waals surface area contributed by atoms with E-state index in [1.165, 1.54) is 0 Å². The third-order valence-corrected chi connectivity index (χ3v) is 2.49. The van der Waals surface area contributed by atoms with Gasteiger partial charge < -0.3 is 0 Å². The van der Waals surface area contributed by atoms with E-state index in [2.05, 4.69) is 0 Å². The molecular weight excluding hydrogens is 198 g/mol. The Hall–Kier alpha value is -0.960. The van der Waals surface area contributed by atoms with Gasteiger partial charge in [-0.2, -0.15) is 0 Å². The fourth-order valence-corrected chi connectivity index (χ4v) is 1.82. The van der Waals surface area contributed by atoms with E-state index in [0.717, 1.165) is 6.07 Å². The normalized spacial score (nSPS) is 14.8. The Morgan fingerprint density at radius 1 is 1.31 bits per heavy atom. The van der Waals surface area contributed by atoms with Crippen LogP contribution in [0.5, 0.6) is 0 Å². The third-order valence-electron chi connectivity index (χ3n) is 2.15. The Morgan fingerprint density at radius 3 is 2.69 bits per heavy atom. The van der Waals surface area contributed by atoms with Crippen LogP contribution in [0.25, 0.3) is 0 Å². The van der Waals surface area contributed by atoms with E-state index in [-0.39, 0.29) is 22.8 Å². The van der Waals surface area contributed by atoms with Crippen molar-refractivity contribution in [2.24, 2.45) is 0 Å². The van der Waals surface area contributed by atoms with Gasteiger partial charge in [-0.1, -0.05) is 11.6 Å². The van der Waals surface area contributed by atoms with Gasteiger partial charge in [0.15, 0.2) is 17.4 Å². The van der Waals surface area contributed by atoms with Crippen molar-refractivity contribution < 1.29 is 13.6 Å². The molecule has 1 aliphatic rings. The van der Waals surface area contributed by atoms with E-state index in [9.17, 15) is 13.6 Å². The molecule has 2 rings (SSSR count). The number of benzene rings is 1. The van der Waals surface area contributed by atoms with Gasteiger partial charge in [0.25, 0.3) is 0 Å². The summed E-state index contributed by atoms with van der Waals surface area (Å²) in [7, 11) is 0. The zero-order valence-electron chi connectivity index (χ0n) is 6.53. The summed E-state index contributed by atoms with van der Waals surface area (Å²) in [5, 5.41) is 0.139. The third kappa shape index (κ3) is 1.15. The van der Waals surface area contributed by atoms with Crippen molar-refractivity contribution in [1.29, 1.82) is 0 Å². The van der Waals surface area contributed by atoms with Crippen LogP contribution >= 0.6 is 11.6 Å². The average Bonchev–Trinajstić information content (AvgIpc) is 2.44. The van der Waals surface area contributed by atoms with E-state index in [0.29, 0.717) is 12.0 Å². The van der Waals surface area contributed by atoms with E-state index in [1.54, 1.807) is 0 Å². The number of hydrogen-bond donors (Lipinski definition) is 0. The molecule has 0 aliphatic heterocycles. The van der Waals surface area contributed by atoms with E-state index in [4.69, 9.17) is 11.6 Å². The summed E-state index contributed by atoms with van der Waals surface area (Å²) in [6.07, 6.45) is 0.625. The summed E-state index contributed by atoms with van der Waals surface area (Å²) in [5.74, 6) is -2.49. The van der Waals surface area contributed by atoms with Gasteiger partial charge >= 0.3 is 0 Å². The first-order valence-corrected chi connectivity index (χ1v) is 4.18. The Morgan fingerprint density at radius 2 is 2.00 bits per heavy atom. The van der Waals surface area contributed by atoms with Crippen molar-refractivity contribution in [2.75, 3.05) is 0 Å². The van der Waals surface area contributed by atoms with Crippen molar-refractivity contribution in [3.63, 3.8) is 0 Å². The number of rotatable bonds is 0. The van der Waals surface area contributed by atoms with Crippen molar-refractivity contribution in [1.82, 2.24) is 0 Å². The van der Waals surface area contributed by atoms with Crippen LogP contribution in [0.1, 0.15) is 22.3 Å². The monoisotopic (exact) mass is 202 g/mol. The molecule has 0 saturated carbocycles. The zero-order chi connectivity index (χ0) is 9.59. The number of carbonyl (C=O) groups excluding carboxylic acids is 1. The quantitative estimate of drug-likeness (QED) is 0.592. The highest BCUT2D eigenvalue weighted by Gasteiger charge is 2.28. The maximum atomic E-state index is 13.1. The second-order valence-electron chi connectivity index (χ2n) is 2.93. The van der Waals surface area contributed by atoms with Gasteiger partial charge in [0.1, 0.15) is 0 Å². The minimum absolute atomic E-state index is 0.139. The molecule has 0 spiro atoms. The first-order chi connectivity index (χ1) is 6.11. The molecule has 0 amide bonds. The van der Waals surface area contributed by atoms with Crippen LogP contribution < -0.4 is 0 Å². The molecule has 68 valence electrons. The summed E-state index contributed by atoms with van der Waals surface area (Å²) in [5.41, 5.74) is 0.274. The number of carbonyl (C=O) groups is 1. The van der Waals surface area contributed by atoms with Gasteiger partial charge in [-0.05, 0) is 18.1 Å². The molecule has 4 heteroatoms. The molecule has 0 aromatic heterocycles. The lowest BCUT2D eigenvalue weighted by atomic mass is 10.1. The molecule has 0 bridgehead atoms. The second kappa shape index (κ2) is 2.77. The first kappa shape index (κ1) is 8.63. The maximum absolute atomic E-state index is 13.1. The zero-order valence-corrected chi connectivity index (χ0v) is 7.29. The summed E-state index contributed by atoms with van der Waals surface area (Å²) >= 11 is 5.65. The highest BCUT2D eigenvalue weighted by molar-refractivity contribution is 6.32. The molecule has 0 fully saturated rings. The molecule has 13 heavy (non-hydrogen) atoms. The Bertz CT molecular complexity index is 401. The van der Waals surface area contributed by atoms with E-state index < -0.39 is 11.6 Å². The largest absolute Gasteiger partial charge is 0.294 e. The molecule has 1 aromatic carbocycles. The van der Waals surface area contributed by atoms with Crippen LogP contribution in [0.3, 0.4) is 0 Å². The van der Waals surface area contributed by atoms with Gasteiger partial charge in [0.2, 0.25) is 0 Å². The number of fused-ring (bicyclic) bond motifs is 1. The van der Waals surface area contributed by atoms with Gasteiger partial charge in [-0.25, -0.2) is 8.78 Å². The fraction of sp³-hybridized carbons (Fsp3) is 0.222. The second-order valence-corrected chi connectivity index (χ2v) is 3.34. The van der Waals surface area contributed by atoms with Crippen LogP contribution in [-0.2, 0) is 6.42 Å². The van der Waals surface area contributed by atoms with Crippen LogP contribution in [0.15, 0.2) is 6.07 Å². The smallest absolute Gasteiger partial charge is 0.169 e. The molecule has 0 N–H and O–H groups in total. The van der Waals surface area contributed by atoms with Crippen molar-refractivity contribution in [3.8, 4) is 0 Å². The predicted molar refractivity (Wildman–Crippen MR) is 44.0 cm³/mol. The lowest BCUT2D eigenvalue weighted by Crippen LogP contribution is -1.99. The molecule has 1 aromatic rings. The maximum Gasteiger partial charge on any atom is 0.169 e. The molecule has 0 unspecified atom stereocenters. The number of hydrogen-bond acceptors (Lipinski definition) is 1. The molecule has 1 aliphatic carbocycles. The summed E-state index contributed by atoms with van der Waals surface area (Å²) < 4.78 is 25.9. The summed E-state index contributed by atoms with van der Waals surface area (Å²) in [4.78, 5) is 11.1. The number of halogens is 3. The van der Waals surface area contributed by atoms with Gasteiger partial charge in [-0.15, -0.1) is 0 Å². The van der Waals surface area contributed by atoms with Crippen molar-refractivity contribution in [2.45, 2.75) is 12.8 Å². The van der Waals surface area contributed by atoms with E-state index >= 15 is 0 Å². The van der Waals surface area contributed by atoms with Crippen molar-refractivity contribution >= 4 is 17.4 Å². The number of ketones is 1. The summed E-state index contributed by atoms with van der Waals surface area (Å²) in [6.45, 7) is 0. The van der Waals surface area contributed by atoms with E-state index in [1.807, 2.05) is 0 Å². The summed E-state index contributed by atoms with van der Waals surface area (Å²) in [6, 6.07) is 0.911. The van der Waals surface area contributed by atoms with Gasteiger partial charge in [-0.3, -0.25) is 4.79 Å². The minimum atomic E-state index is -1.07. The molecular formula is C9H5ClF2O.